The Morgan fingerprint density at radius 1 is 1.24 bits per heavy atom. The number of hydrogen-bond acceptors (Lipinski definition) is 5. The zero-order valence-corrected chi connectivity index (χ0v) is 16.6. The van der Waals surface area contributed by atoms with Gasteiger partial charge in [0.15, 0.2) is 0 Å². The van der Waals surface area contributed by atoms with Crippen LogP contribution in [0.15, 0.2) is 30.3 Å². The second kappa shape index (κ2) is 9.47. The van der Waals surface area contributed by atoms with Gasteiger partial charge in [-0.3, -0.25) is 0 Å². The summed E-state index contributed by atoms with van der Waals surface area (Å²) >= 11 is 0. The molecular weight excluding hydrogens is 347 g/mol. The van der Waals surface area contributed by atoms with Crippen LogP contribution in [0.5, 0.6) is 0 Å². The number of alkyl halides is 2. The number of carboxylic acids is 1. The van der Waals surface area contributed by atoms with Gasteiger partial charge in [0.1, 0.15) is 17.7 Å². The van der Waals surface area contributed by atoms with Crippen molar-refractivity contribution in [2.24, 2.45) is 0 Å². The third-order valence-corrected chi connectivity index (χ3v) is 3.03. The molecule has 25 heavy (non-hydrogen) atoms. The minimum absolute atomic E-state index is 0. The number of carboxylic acid groups (broad SMARTS) is 1. The molecule has 1 amide bonds. The van der Waals surface area contributed by atoms with Crippen LogP contribution in [0.25, 0.3) is 0 Å². The maximum absolute atomic E-state index is 13.6. The summed E-state index contributed by atoms with van der Waals surface area (Å²) in [5, 5.41) is 22.4. The van der Waals surface area contributed by atoms with Gasteiger partial charge >= 0.3 is 41.6 Å². The summed E-state index contributed by atoms with van der Waals surface area (Å²) in [6.45, 7) is 4.72. The average Bonchev–Trinajstić information content (AvgIpc) is 2.44. The molecule has 0 aliphatic heterocycles. The molecule has 0 saturated heterocycles. The van der Waals surface area contributed by atoms with E-state index >= 15 is 0 Å². The Kier molecular flexibility index (Phi) is 9.01. The largest absolute Gasteiger partial charge is 1.00 e. The molecule has 0 aliphatic carbocycles. The number of aliphatic hydroxyl groups excluding tert-OH is 1. The monoisotopic (exact) mass is 367 g/mol. The summed E-state index contributed by atoms with van der Waals surface area (Å²) < 4.78 is 32.1. The first-order valence-corrected chi connectivity index (χ1v) is 7.24. The molecule has 6 nitrogen and oxygen atoms in total. The van der Waals surface area contributed by atoms with E-state index in [0.29, 0.717) is 5.56 Å². The molecule has 0 aliphatic rings. The number of aliphatic hydroxyl groups is 1. The molecule has 2 N–H and O–H groups in total. The Morgan fingerprint density at radius 2 is 1.76 bits per heavy atom. The topological polar surface area (TPSA) is 98.7 Å². The van der Waals surface area contributed by atoms with Gasteiger partial charge in [0, 0.05) is 0 Å². The van der Waals surface area contributed by atoms with Gasteiger partial charge in [-0.25, -0.2) is 4.79 Å². The summed E-state index contributed by atoms with van der Waals surface area (Å²) in [6, 6.07) is 6.58. The van der Waals surface area contributed by atoms with Gasteiger partial charge < -0.3 is 25.1 Å². The minimum atomic E-state index is -4.53. The number of rotatable bonds is 6. The van der Waals surface area contributed by atoms with E-state index in [-0.39, 0.29) is 36.0 Å². The van der Waals surface area contributed by atoms with Crippen LogP contribution < -0.4 is 40.0 Å². The van der Waals surface area contributed by atoms with Gasteiger partial charge in [0.2, 0.25) is 0 Å². The van der Waals surface area contributed by atoms with Crippen LogP contribution in [0.2, 0.25) is 0 Å². The number of nitrogens with one attached hydrogen (secondary N) is 1. The summed E-state index contributed by atoms with van der Waals surface area (Å²) in [6.07, 6.45) is -3.95. The number of carbonyl (C=O) groups is 2. The second-order valence-electron chi connectivity index (χ2n) is 6.30. The van der Waals surface area contributed by atoms with Gasteiger partial charge in [0.05, 0.1) is 6.04 Å². The average molecular weight is 367 g/mol. The van der Waals surface area contributed by atoms with Crippen LogP contribution in [-0.2, 0) is 16.0 Å². The first-order chi connectivity index (χ1) is 10.9. The van der Waals surface area contributed by atoms with E-state index < -0.39 is 35.7 Å². The zero-order valence-electron chi connectivity index (χ0n) is 14.6. The van der Waals surface area contributed by atoms with Crippen molar-refractivity contribution in [3.8, 4) is 0 Å². The van der Waals surface area contributed by atoms with Crippen molar-refractivity contribution >= 4 is 12.1 Å². The smallest absolute Gasteiger partial charge is 0.544 e. The van der Waals surface area contributed by atoms with E-state index in [4.69, 9.17) is 4.74 Å². The molecule has 9 heteroatoms. The van der Waals surface area contributed by atoms with Crippen molar-refractivity contribution in [3.63, 3.8) is 0 Å². The maximum atomic E-state index is 13.6. The molecular formula is C16H20F2NNaO5. The molecule has 0 saturated carbocycles. The molecule has 134 valence electrons. The van der Waals surface area contributed by atoms with Gasteiger partial charge in [-0.2, -0.15) is 8.78 Å². The Bertz CT molecular complexity index is 578. The number of ether oxygens (including phenoxy) is 1. The van der Waals surface area contributed by atoms with Gasteiger partial charge in [-0.05, 0) is 32.8 Å². The number of carbonyl (C=O) groups excluding carboxylic acids is 2. The third-order valence-electron chi connectivity index (χ3n) is 3.03. The van der Waals surface area contributed by atoms with E-state index in [9.17, 15) is 28.6 Å². The van der Waals surface area contributed by atoms with Gasteiger partial charge in [0.25, 0.3) is 0 Å². The predicted molar refractivity (Wildman–Crippen MR) is 79.3 cm³/mol. The maximum Gasteiger partial charge on any atom is 1.00 e. The first-order valence-electron chi connectivity index (χ1n) is 7.24. The van der Waals surface area contributed by atoms with Crippen molar-refractivity contribution < 1.29 is 62.9 Å². The fraction of sp³-hybridized carbons (Fsp3) is 0.500. The van der Waals surface area contributed by atoms with Gasteiger partial charge in [-0.15, -0.1) is 0 Å². The zero-order chi connectivity index (χ0) is 18.5. The SMILES string of the molecule is CC(C)(C)OC(=O)NC(Cc1ccccc1)C(O)C(F)(F)C(=O)[O-].[Na+]. The molecule has 2 atom stereocenters. The van der Waals surface area contributed by atoms with E-state index in [1.165, 1.54) is 0 Å². The van der Waals surface area contributed by atoms with Crippen LogP contribution in [0.1, 0.15) is 26.3 Å². The summed E-state index contributed by atoms with van der Waals surface area (Å²) in [5.74, 6) is -7.26. The van der Waals surface area contributed by atoms with Crippen LogP contribution in [-0.4, -0.2) is 40.8 Å². The van der Waals surface area contributed by atoms with E-state index in [2.05, 4.69) is 5.32 Å². The van der Waals surface area contributed by atoms with E-state index in [1.807, 2.05) is 0 Å². The third kappa shape index (κ3) is 7.68. The Morgan fingerprint density at radius 3 is 2.20 bits per heavy atom. The molecule has 0 spiro atoms. The fourth-order valence-electron chi connectivity index (χ4n) is 1.94. The number of hydrogen-bond donors (Lipinski definition) is 2. The second-order valence-corrected chi connectivity index (χ2v) is 6.30. The first kappa shape index (κ1) is 23.8. The van der Waals surface area contributed by atoms with Crippen LogP contribution >= 0.6 is 0 Å². The van der Waals surface area contributed by atoms with Crippen molar-refractivity contribution in [2.75, 3.05) is 0 Å². The van der Waals surface area contributed by atoms with Crippen LogP contribution in [0.3, 0.4) is 0 Å². The normalized spacial score (nSPS) is 14.0. The standard InChI is InChI=1S/C16H21F2NO5.Na/c1-15(2,3)24-14(23)19-11(9-10-7-5-4-6-8-10)12(20)16(17,18)13(21)22;/h4-8,11-12,20H,9H2,1-3H3,(H,19,23)(H,21,22);/q;+1/p-1. The van der Waals surface area contributed by atoms with Crippen molar-refractivity contribution in [3.05, 3.63) is 35.9 Å². The van der Waals surface area contributed by atoms with Gasteiger partial charge in [-0.1, -0.05) is 30.3 Å². The number of halogens is 2. The molecule has 0 heterocycles. The summed E-state index contributed by atoms with van der Waals surface area (Å²) in [7, 11) is 0. The molecule has 1 aromatic rings. The van der Waals surface area contributed by atoms with Crippen LogP contribution in [0.4, 0.5) is 13.6 Å². The van der Waals surface area contributed by atoms with Crippen molar-refractivity contribution in [2.45, 2.75) is 50.9 Å². The number of alkyl carbamates (subject to hydrolysis) is 1. The summed E-state index contributed by atoms with van der Waals surface area (Å²) in [4.78, 5) is 22.4. The minimum Gasteiger partial charge on any atom is -0.544 e. The Labute approximate surface area is 166 Å². The molecule has 0 fully saturated rings. The quantitative estimate of drug-likeness (QED) is 0.560. The van der Waals surface area contributed by atoms with Crippen molar-refractivity contribution in [1.29, 1.82) is 0 Å². The number of amides is 1. The fourth-order valence-corrected chi connectivity index (χ4v) is 1.94. The molecule has 1 aromatic carbocycles. The summed E-state index contributed by atoms with van der Waals surface area (Å²) in [5.41, 5.74) is -0.366. The van der Waals surface area contributed by atoms with Crippen LogP contribution in [0, 0.1) is 0 Å². The Hall–Kier alpha value is -1.22. The molecule has 0 bridgehead atoms. The molecule has 2 unspecified atom stereocenters. The molecule has 1 rings (SSSR count). The number of aliphatic carboxylic acids is 1. The predicted octanol–water partition coefficient (Wildman–Crippen LogP) is -2.13. The molecule has 0 radical (unpaired) electrons. The Balaban J connectivity index is 0.00000576. The van der Waals surface area contributed by atoms with Crippen molar-refractivity contribution in [1.82, 2.24) is 5.32 Å². The molecule has 0 aromatic heterocycles. The van der Waals surface area contributed by atoms with E-state index in [0.717, 1.165) is 0 Å². The van der Waals surface area contributed by atoms with E-state index in [1.54, 1.807) is 51.1 Å². The number of benzene rings is 1.